The summed E-state index contributed by atoms with van der Waals surface area (Å²) in [6, 6.07) is 18.8. The molecule has 4 rings (SSSR count). The fourth-order valence-electron chi connectivity index (χ4n) is 4.39. The first-order valence-electron chi connectivity index (χ1n) is 12.9. The third kappa shape index (κ3) is 6.84. The number of carbonyl (C=O) groups excluding carboxylic acids is 3. The smallest absolute Gasteiger partial charge is 0.270 e. The molecule has 12 heteroatoms. The van der Waals surface area contributed by atoms with Crippen molar-refractivity contribution in [1.29, 1.82) is 0 Å². The van der Waals surface area contributed by atoms with Crippen molar-refractivity contribution >= 4 is 34.9 Å². The maximum Gasteiger partial charge on any atom is 0.270 e. The van der Waals surface area contributed by atoms with E-state index in [1.807, 2.05) is 36.4 Å². The Balaban J connectivity index is 1.74. The van der Waals surface area contributed by atoms with Gasteiger partial charge in [0.1, 0.15) is 16.7 Å². The summed E-state index contributed by atoms with van der Waals surface area (Å²) >= 11 is 0.715. The maximum atomic E-state index is 14.1. The number of nitrogens with two attached hydrogens (primary N) is 2. The minimum Gasteiger partial charge on any atom is -0.493 e. The number of anilines is 1. The molecule has 1 heterocycles. The van der Waals surface area contributed by atoms with Crippen molar-refractivity contribution in [2.75, 3.05) is 26.5 Å². The van der Waals surface area contributed by atoms with Crippen molar-refractivity contribution in [3.8, 4) is 11.5 Å². The minimum absolute atomic E-state index is 0.0400. The van der Waals surface area contributed by atoms with E-state index in [0.29, 0.717) is 35.0 Å². The van der Waals surface area contributed by atoms with Crippen molar-refractivity contribution in [3.63, 3.8) is 0 Å². The van der Waals surface area contributed by atoms with Gasteiger partial charge in [-0.15, -0.1) is 0 Å². The number of nitrogen functional groups attached to an aromatic ring is 1. The van der Waals surface area contributed by atoms with E-state index in [0.717, 1.165) is 11.1 Å². The van der Waals surface area contributed by atoms with Crippen molar-refractivity contribution in [3.05, 3.63) is 106 Å². The number of halogens is 1. The van der Waals surface area contributed by atoms with Gasteiger partial charge >= 0.3 is 0 Å². The van der Waals surface area contributed by atoms with Crippen LogP contribution in [0.15, 0.2) is 72.8 Å². The first-order valence-corrected chi connectivity index (χ1v) is 13.6. The van der Waals surface area contributed by atoms with Gasteiger partial charge in [-0.25, -0.2) is 4.39 Å². The van der Waals surface area contributed by atoms with Gasteiger partial charge in [0.15, 0.2) is 17.2 Å². The van der Waals surface area contributed by atoms with Crippen LogP contribution < -0.4 is 26.3 Å². The van der Waals surface area contributed by atoms with Gasteiger partial charge in [-0.1, -0.05) is 48.5 Å². The van der Waals surface area contributed by atoms with Gasteiger partial charge in [-0.2, -0.15) is 4.37 Å². The molecule has 3 amide bonds. The Morgan fingerprint density at radius 3 is 2.29 bits per heavy atom. The number of primary amides is 1. The molecule has 0 saturated heterocycles. The minimum atomic E-state index is -1.18. The molecule has 0 bridgehead atoms. The number of benzene rings is 3. The van der Waals surface area contributed by atoms with E-state index in [2.05, 4.69) is 9.69 Å². The summed E-state index contributed by atoms with van der Waals surface area (Å²) in [5, 5.41) is 2.89. The second kappa shape index (κ2) is 13.6. The number of methoxy groups -OCH3 is 2. The summed E-state index contributed by atoms with van der Waals surface area (Å²) in [5.41, 5.74) is 13.1. The van der Waals surface area contributed by atoms with E-state index < -0.39 is 29.6 Å². The lowest BCUT2D eigenvalue weighted by Crippen LogP contribution is -2.44. The second-order valence-electron chi connectivity index (χ2n) is 9.23. The topological polar surface area (TPSA) is 150 Å². The van der Waals surface area contributed by atoms with Crippen LogP contribution in [0.25, 0.3) is 0 Å². The molecule has 4 aromatic rings. The number of nitrogens with zero attached hydrogens (tertiary/aromatic N) is 2. The summed E-state index contributed by atoms with van der Waals surface area (Å²) in [6.07, 6.45) is 0.303. The predicted molar refractivity (Wildman–Crippen MR) is 157 cm³/mol. The highest BCUT2D eigenvalue weighted by Crippen LogP contribution is 2.31. The van der Waals surface area contributed by atoms with E-state index in [4.69, 9.17) is 20.9 Å². The number of amides is 3. The molecule has 0 unspecified atom stereocenters. The Bertz CT molecular complexity index is 1560. The lowest BCUT2D eigenvalue weighted by Gasteiger charge is -2.31. The molecule has 1 aromatic heterocycles. The quantitative estimate of drug-likeness (QED) is 0.227. The fourth-order valence-corrected chi connectivity index (χ4v) is 5.15. The highest BCUT2D eigenvalue weighted by atomic mass is 32.1. The number of carbonyl (C=O) groups is 3. The van der Waals surface area contributed by atoms with Gasteiger partial charge in [0.05, 0.1) is 19.9 Å². The number of nitrogens with one attached hydrogen (secondary N) is 1. The average molecular weight is 592 g/mol. The molecule has 5 N–H and O–H groups in total. The van der Waals surface area contributed by atoms with Crippen LogP contribution in [0.4, 0.5) is 10.1 Å². The Hall–Kier alpha value is -4.97. The largest absolute Gasteiger partial charge is 0.493 e. The van der Waals surface area contributed by atoms with Crippen molar-refractivity contribution in [2.45, 2.75) is 19.0 Å². The lowest BCUT2D eigenvalue weighted by atomic mass is 10.0. The van der Waals surface area contributed by atoms with Crippen molar-refractivity contribution in [2.24, 2.45) is 5.73 Å². The first kappa shape index (κ1) is 30.0. The Morgan fingerprint density at radius 1 is 0.976 bits per heavy atom. The van der Waals surface area contributed by atoms with E-state index in [9.17, 15) is 18.8 Å². The normalized spacial score (nSPS) is 11.4. The summed E-state index contributed by atoms with van der Waals surface area (Å²) in [5.74, 6) is -1.47. The van der Waals surface area contributed by atoms with Crippen molar-refractivity contribution < 1.29 is 28.2 Å². The number of rotatable bonds is 12. The van der Waals surface area contributed by atoms with Crippen LogP contribution in [-0.2, 0) is 17.8 Å². The van der Waals surface area contributed by atoms with Crippen LogP contribution in [0.2, 0.25) is 0 Å². The number of hydrogen-bond acceptors (Lipinski definition) is 8. The molecule has 0 spiro atoms. The molecule has 0 saturated carbocycles. The molecule has 0 radical (unpaired) electrons. The summed E-state index contributed by atoms with van der Waals surface area (Å²) < 4.78 is 28.6. The Kier molecular flexibility index (Phi) is 9.71. The Morgan fingerprint density at radius 2 is 1.67 bits per heavy atom. The van der Waals surface area contributed by atoms with Gasteiger partial charge in [0.25, 0.3) is 11.8 Å². The van der Waals surface area contributed by atoms with Gasteiger partial charge in [0.2, 0.25) is 5.91 Å². The summed E-state index contributed by atoms with van der Waals surface area (Å²) in [7, 11) is 3.04. The highest BCUT2D eigenvalue weighted by Gasteiger charge is 2.34. The molecular weight excluding hydrogens is 561 g/mol. The maximum absolute atomic E-state index is 14.1. The third-order valence-corrected chi connectivity index (χ3v) is 7.41. The average Bonchev–Trinajstić information content (AvgIpc) is 3.40. The molecule has 10 nitrogen and oxygen atoms in total. The van der Waals surface area contributed by atoms with E-state index in [1.165, 1.54) is 43.4 Å². The van der Waals surface area contributed by atoms with Crippen molar-refractivity contribution in [1.82, 2.24) is 14.6 Å². The molecule has 0 aliphatic heterocycles. The monoisotopic (exact) mass is 591 g/mol. The zero-order chi connectivity index (χ0) is 30.2. The molecule has 0 fully saturated rings. The van der Waals surface area contributed by atoms with Gasteiger partial charge in [-0.3, -0.25) is 14.4 Å². The molecule has 0 aliphatic carbocycles. The number of hydrogen-bond donors (Lipinski definition) is 3. The van der Waals surface area contributed by atoms with Gasteiger partial charge in [-0.05, 0) is 58.9 Å². The SMILES string of the molecule is COc1ccc(CCN(C(=O)c2snc(C(N)=O)c2N)[C@@H](C(=O)NCc2ccccc2)c2ccc(F)cc2)cc1OC. The second-order valence-corrected chi connectivity index (χ2v) is 10.0. The molecular formula is C30H30FN5O5S. The fraction of sp³-hybridized carbons (Fsp3) is 0.200. The number of ether oxygens (including phenoxy) is 2. The van der Waals surface area contributed by atoms with Crippen LogP contribution >= 0.6 is 11.5 Å². The standard InChI is InChI=1S/C30H30FN5O5S/c1-40-22-13-8-18(16-23(22)41-2)14-15-36(30(39)27-24(32)25(28(33)37)35-42-27)26(20-9-11-21(31)12-10-20)29(38)34-17-19-6-4-3-5-7-19/h3-13,16,26H,14-15,17,32H2,1-2H3,(H2,33,37)(H,34,38)/t26-/m1/s1. The summed E-state index contributed by atoms with van der Waals surface area (Å²) in [4.78, 5) is 41.0. The zero-order valence-electron chi connectivity index (χ0n) is 23.0. The Labute approximate surface area is 246 Å². The van der Waals surface area contributed by atoms with Crippen LogP contribution in [0.5, 0.6) is 11.5 Å². The van der Waals surface area contributed by atoms with Crippen LogP contribution in [-0.4, -0.2) is 47.8 Å². The first-order chi connectivity index (χ1) is 20.2. The lowest BCUT2D eigenvalue weighted by molar-refractivity contribution is -0.126. The highest BCUT2D eigenvalue weighted by molar-refractivity contribution is 7.09. The van der Waals surface area contributed by atoms with E-state index in [1.54, 1.807) is 12.1 Å². The third-order valence-electron chi connectivity index (χ3n) is 6.56. The summed E-state index contributed by atoms with van der Waals surface area (Å²) in [6.45, 7) is 0.238. The predicted octanol–water partition coefficient (Wildman–Crippen LogP) is 3.72. The number of aromatic nitrogens is 1. The zero-order valence-corrected chi connectivity index (χ0v) is 23.8. The van der Waals surface area contributed by atoms with Gasteiger partial charge < -0.3 is 31.2 Å². The molecule has 42 heavy (non-hydrogen) atoms. The van der Waals surface area contributed by atoms with Crippen LogP contribution in [0, 0.1) is 5.82 Å². The van der Waals surface area contributed by atoms with E-state index in [-0.39, 0.29) is 29.3 Å². The molecule has 3 aromatic carbocycles. The molecule has 0 aliphatic rings. The molecule has 218 valence electrons. The molecule has 1 atom stereocenters. The van der Waals surface area contributed by atoms with E-state index >= 15 is 0 Å². The van der Waals surface area contributed by atoms with Crippen LogP contribution in [0.3, 0.4) is 0 Å². The van der Waals surface area contributed by atoms with Crippen LogP contribution in [0.1, 0.15) is 42.9 Å². The van der Waals surface area contributed by atoms with Gasteiger partial charge in [0, 0.05) is 13.1 Å².